The summed E-state index contributed by atoms with van der Waals surface area (Å²) in [5, 5.41) is 0. The zero-order valence-electron chi connectivity index (χ0n) is 12.1. The Bertz CT molecular complexity index is 686. The molecule has 116 valence electrons. The van der Waals surface area contributed by atoms with E-state index in [2.05, 4.69) is 31.9 Å². The molecule has 2 aromatic rings. The minimum atomic E-state index is -0.143. The van der Waals surface area contributed by atoms with Crippen molar-refractivity contribution < 1.29 is 19.0 Å². The second-order valence-electron chi connectivity index (χ2n) is 4.36. The first-order valence-electron chi connectivity index (χ1n) is 6.38. The van der Waals surface area contributed by atoms with Gasteiger partial charge in [0, 0.05) is 10.0 Å². The fourth-order valence-electron chi connectivity index (χ4n) is 1.83. The minimum absolute atomic E-state index is 0.0598. The van der Waals surface area contributed by atoms with Crippen LogP contribution in [-0.4, -0.2) is 26.6 Å². The van der Waals surface area contributed by atoms with E-state index in [9.17, 15) is 4.79 Å². The van der Waals surface area contributed by atoms with Gasteiger partial charge >= 0.3 is 0 Å². The van der Waals surface area contributed by atoms with Crippen LogP contribution in [0.15, 0.2) is 45.3 Å². The molecule has 0 atom stereocenters. The summed E-state index contributed by atoms with van der Waals surface area (Å²) in [5.41, 5.74) is 0.505. The summed E-state index contributed by atoms with van der Waals surface area (Å²) >= 11 is 6.76. The highest BCUT2D eigenvalue weighted by Crippen LogP contribution is 2.29. The van der Waals surface area contributed by atoms with Crippen molar-refractivity contribution in [2.75, 3.05) is 20.8 Å². The van der Waals surface area contributed by atoms with Crippen molar-refractivity contribution in [2.24, 2.45) is 0 Å². The van der Waals surface area contributed by atoms with Gasteiger partial charge in [-0.2, -0.15) is 0 Å². The first-order valence-corrected chi connectivity index (χ1v) is 7.97. The number of ether oxygens (including phenoxy) is 3. The Morgan fingerprint density at radius 2 is 1.64 bits per heavy atom. The minimum Gasteiger partial charge on any atom is -0.493 e. The molecule has 22 heavy (non-hydrogen) atoms. The predicted octanol–water partition coefficient (Wildman–Crippen LogP) is 4.49. The molecule has 0 bridgehead atoms. The summed E-state index contributed by atoms with van der Waals surface area (Å²) in [5.74, 6) is 1.56. The summed E-state index contributed by atoms with van der Waals surface area (Å²) in [4.78, 5) is 12.2. The van der Waals surface area contributed by atoms with E-state index >= 15 is 0 Å². The number of halogens is 2. The Kier molecular flexibility index (Phi) is 5.85. The summed E-state index contributed by atoms with van der Waals surface area (Å²) in [6, 6.07) is 10.5. The Balaban J connectivity index is 2.09. The molecule has 4 nitrogen and oxygen atoms in total. The van der Waals surface area contributed by atoms with Crippen molar-refractivity contribution in [3.8, 4) is 17.2 Å². The lowest BCUT2D eigenvalue weighted by molar-refractivity contribution is 0.0920. The topological polar surface area (TPSA) is 44.8 Å². The lowest BCUT2D eigenvalue weighted by Gasteiger charge is -2.10. The first-order chi connectivity index (χ1) is 10.5. The molecular formula is C16H14Br2O4. The number of ketones is 1. The van der Waals surface area contributed by atoms with Crippen molar-refractivity contribution in [3.63, 3.8) is 0 Å². The molecule has 0 radical (unpaired) electrons. The third kappa shape index (κ3) is 4.01. The van der Waals surface area contributed by atoms with Crippen LogP contribution in [0.2, 0.25) is 0 Å². The van der Waals surface area contributed by atoms with Crippen molar-refractivity contribution in [1.29, 1.82) is 0 Å². The second-order valence-corrected chi connectivity index (χ2v) is 6.13. The van der Waals surface area contributed by atoms with Gasteiger partial charge in [0.15, 0.2) is 23.9 Å². The van der Waals surface area contributed by atoms with Gasteiger partial charge in [-0.15, -0.1) is 0 Å². The smallest absolute Gasteiger partial charge is 0.200 e. The Labute approximate surface area is 145 Å². The molecule has 0 fully saturated rings. The number of hydrogen-bond acceptors (Lipinski definition) is 4. The van der Waals surface area contributed by atoms with Crippen molar-refractivity contribution >= 4 is 37.6 Å². The summed E-state index contributed by atoms with van der Waals surface area (Å²) in [7, 11) is 3.08. The van der Waals surface area contributed by atoms with Gasteiger partial charge in [-0.1, -0.05) is 15.9 Å². The van der Waals surface area contributed by atoms with Gasteiger partial charge in [0.2, 0.25) is 0 Å². The van der Waals surface area contributed by atoms with Gasteiger partial charge in [-0.3, -0.25) is 4.79 Å². The third-order valence-electron chi connectivity index (χ3n) is 2.96. The van der Waals surface area contributed by atoms with Crippen LogP contribution in [0, 0.1) is 0 Å². The zero-order valence-corrected chi connectivity index (χ0v) is 15.2. The summed E-state index contributed by atoms with van der Waals surface area (Å²) in [6.45, 7) is -0.0598. The van der Waals surface area contributed by atoms with E-state index in [0.29, 0.717) is 22.8 Å². The standard InChI is InChI=1S/C16H14Br2O4/c1-20-15-5-3-10(7-16(15)21-2)13(19)9-22-14-6-4-11(17)8-12(14)18/h3-8H,9H2,1-2H3. The molecule has 6 heteroatoms. The van der Waals surface area contributed by atoms with Gasteiger partial charge in [0.05, 0.1) is 18.7 Å². The van der Waals surface area contributed by atoms with Gasteiger partial charge in [0.1, 0.15) is 5.75 Å². The fourth-order valence-corrected chi connectivity index (χ4v) is 2.99. The molecule has 0 heterocycles. The third-order valence-corrected chi connectivity index (χ3v) is 4.07. The van der Waals surface area contributed by atoms with E-state index in [1.165, 1.54) is 7.11 Å². The Morgan fingerprint density at radius 3 is 2.27 bits per heavy atom. The largest absolute Gasteiger partial charge is 0.493 e. The van der Waals surface area contributed by atoms with Crippen LogP contribution in [0.25, 0.3) is 0 Å². The number of rotatable bonds is 6. The molecule has 0 amide bonds. The van der Waals surface area contributed by atoms with Gasteiger partial charge < -0.3 is 14.2 Å². The molecule has 0 aliphatic rings. The monoisotopic (exact) mass is 428 g/mol. The molecule has 2 aromatic carbocycles. The van der Waals surface area contributed by atoms with E-state index in [-0.39, 0.29) is 12.4 Å². The molecule has 0 N–H and O–H groups in total. The summed E-state index contributed by atoms with van der Waals surface area (Å²) in [6.07, 6.45) is 0. The maximum atomic E-state index is 12.2. The average Bonchev–Trinajstić information content (AvgIpc) is 2.53. The van der Waals surface area contributed by atoms with Crippen LogP contribution < -0.4 is 14.2 Å². The zero-order chi connectivity index (χ0) is 16.1. The number of benzene rings is 2. The maximum absolute atomic E-state index is 12.2. The second kappa shape index (κ2) is 7.65. The van der Waals surface area contributed by atoms with Gasteiger partial charge in [-0.25, -0.2) is 0 Å². The number of carbonyl (C=O) groups is 1. The van der Waals surface area contributed by atoms with Crippen LogP contribution in [-0.2, 0) is 0 Å². The first kappa shape index (κ1) is 16.8. The highest BCUT2D eigenvalue weighted by atomic mass is 79.9. The normalized spacial score (nSPS) is 10.2. The number of Topliss-reactive ketones (excluding diaryl/α,β-unsaturated/α-hetero) is 1. The van der Waals surface area contributed by atoms with Crippen LogP contribution in [0.5, 0.6) is 17.2 Å². The lowest BCUT2D eigenvalue weighted by Crippen LogP contribution is -2.12. The van der Waals surface area contributed by atoms with Crippen LogP contribution in [0.1, 0.15) is 10.4 Å². The molecule has 0 aromatic heterocycles. The molecular weight excluding hydrogens is 416 g/mol. The van der Waals surface area contributed by atoms with Crippen molar-refractivity contribution in [3.05, 3.63) is 50.9 Å². The van der Waals surface area contributed by atoms with Gasteiger partial charge in [0.25, 0.3) is 0 Å². The summed E-state index contributed by atoms with van der Waals surface area (Å²) < 4.78 is 17.6. The lowest BCUT2D eigenvalue weighted by atomic mass is 10.1. The Morgan fingerprint density at radius 1 is 0.955 bits per heavy atom. The van der Waals surface area contributed by atoms with E-state index < -0.39 is 0 Å². The molecule has 0 unspecified atom stereocenters. The van der Waals surface area contributed by atoms with Crippen LogP contribution >= 0.6 is 31.9 Å². The molecule has 0 saturated carbocycles. The maximum Gasteiger partial charge on any atom is 0.200 e. The highest BCUT2D eigenvalue weighted by molar-refractivity contribution is 9.11. The molecule has 2 rings (SSSR count). The molecule has 0 aliphatic heterocycles. The Hall–Kier alpha value is -1.53. The average molecular weight is 430 g/mol. The van der Waals surface area contributed by atoms with Crippen molar-refractivity contribution in [1.82, 2.24) is 0 Å². The molecule has 0 aliphatic carbocycles. The SMILES string of the molecule is COc1ccc(C(=O)COc2ccc(Br)cc2Br)cc1OC. The number of methoxy groups -OCH3 is 2. The van der Waals surface area contributed by atoms with Crippen molar-refractivity contribution in [2.45, 2.75) is 0 Å². The fraction of sp³-hybridized carbons (Fsp3) is 0.188. The van der Waals surface area contributed by atoms with E-state index in [4.69, 9.17) is 14.2 Å². The van der Waals surface area contributed by atoms with E-state index in [1.807, 2.05) is 12.1 Å². The van der Waals surface area contributed by atoms with Crippen LogP contribution in [0.4, 0.5) is 0 Å². The molecule has 0 saturated heterocycles. The van der Waals surface area contributed by atoms with E-state index in [0.717, 1.165) is 8.95 Å². The van der Waals surface area contributed by atoms with Gasteiger partial charge in [-0.05, 0) is 52.3 Å². The quantitative estimate of drug-likeness (QED) is 0.634. The predicted molar refractivity (Wildman–Crippen MR) is 91.2 cm³/mol. The molecule has 0 spiro atoms. The number of carbonyl (C=O) groups excluding carboxylic acids is 1. The van der Waals surface area contributed by atoms with Crippen LogP contribution in [0.3, 0.4) is 0 Å². The van der Waals surface area contributed by atoms with E-state index in [1.54, 1.807) is 31.4 Å². The number of hydrogen-bond donors (Lipinski definition) is 0. The highest BCUT2D eigenvalue weighted by Gasteiger charge is 2.12.